The van der Waals surface area contributed by atoms with Crippen molar-refractivity contribution in [2.24, 2.45) is 5.92 Å². The third-order valence-corrected chi connectivity index (χ3v) is 4.14. The van der Waals surface area contributed by atoms with Crippen molar-refractivity contribution in [1.29, 1.82) is 0 Å². The summed E-state index contributed by atoms with van der Waals surface area (Å²) >= 11 is 0. The number of para-hydroxylation sites is 1. The number of nitrogens with zero attached hydrogens (tertiary/aromatic N) is 4. The molecule has 0 radical (unpaired) electrons. The molecule has 2 aromatic rings. The van der Waals surface area contributed by atoms with Gasteiger partial charge < -0.3 is 10.2 Å². The molecule has 1 unspecified atom stereocenters. The lowest BCUT2D eigenvalue weighted by Crippen LogP contribution is -2.47. The summed E-state index contributed by atoms with van der Waals surface area (Å²) < 4.78 is 0. The fourth-order valence-electron chi connectivity index (χ4n) is 2.78. The zero-order valence-electron chi connectivity index (χ0n) is 12.7. The van der Waals surface area contributed by atoms with Gasteiger partial charge in [-0.05, 0) is 17.5 Å². The fraction of sp³-hybridized carbons (Fsp3) is 0.375. The Labute approximate surface area is 129 Å². The normalized spacial score (nSPS) is 19.1. The number of hydrogen-bond acceptors (Lipinski definition) is 5. The molecule has 0 saturated carbocycles. The monoisotopic (exact) mass is 297 g/mol. The van der Waals surface area contributed by atoms with Crippen LogP contribution in [0.1, 0.15) is 25.8 Å². The number of fused-ring (bicyclic) bond motifs is 1. The van der Waals surface area contributed by atoms with Gasteiger partial charge in [-0.1, -0.05) is 38.5 Å². The lowest BCUT2D eigenvalue weighted by molar-refractivity contribution is -0.118. The van der Waals surface area contributed by atoms with Crippen LogP contribution in [0.25, 0.3) is 0 Å². The summed E-state index contributed by atoms with van der Waals surface area (Å²) in [6, 6.07) is 7.54. The molecule has 0 aliphatic carbocycles. The summed E-state index contributed by atoms with van der Waals surface area (Å²) in [4.78, 5) is 27.1. The van der Waals surface area contributed by atoms with Crippen LogP contribution in [-0.2, 0) is 11.3 Å². The summed E-state index contributed by atoms with van der Waals surface area (Å²) in [5, 5.41) is 3.04. The van der Waals surface area contributed by atoms with E-state index in [0.717, 1.165) is 17.7 Å². The molecule has 2 atom stereocenters. The predicted octanol–water partition coefficient (Wildman–Crippen LogP) is 2.25. The molecule has 0 fully saturated rings. The van der Waals surface area contributed by atoms with Crippen LogP contribution in [0.5, 0.6) is 0 Å². The van der Waals surface area contributed by atoms with E-state index in [2.05, 4.69) is 34.1 Å². The molecule has 114 valence electrons. The van der Waals surface area contributed by atoms with Crippen molar-refractivity contribution in [3.05, 3.63) is 42.5 Å². The molecule has 1 aromatic heterocycles. The maximum atomic E-state index is 12.7. The number of anilines is 2. The van der Waals surface area contributed by atoms with E-state index in [1.54, 1.807) is 0 Å². The van der Waals surface area contributed by atoms with E-state index < -0.39 is 0 Å². The predicted molar refractivity (Wildman–Crippen MR) is 84.3 cm³/mol. The first-order valence-corrected chi connectivity index (χ1v) is 7.48. The minimum absolute atomic E-state index is 0.0142. The second-order valence-corrected chi connectivity index (χ2v) is 5.54. The van der Waals surface area contributed by atoms with Gasteiger partial charge in [-0.3, -0.25) is 4.79 Å². The minimum Gasteiger partial charge on any atom is -0.324 e. The highest BCUT2D eigenvalue weighted by atomic mass is 16.2. The zero-order chi connectivity index (χ0) is 15.5. The number of rotatable bonds is 3. The molecule has 0 saturated heterocycles. The van der Waals surface area contributed by atoms with Crippen molar-refractivity contribution in [3.8, 4) is 0 Å². The van der Waals surface area contributed by atoms with E-state index in [9.17, 15) is 4.79 Å². The summed E-state index contributed by atoms with van der Waals surface area (Å²) in [5.74, 6) is 0.706. The van der Waals surface area contributed by atoms with Crippen LogP contribution in [0, 0.1) is 5.92 Å². The Kier molecular flexibility index (Phi) is 4.00. The summed E-state index contributed by atoms with van der Waals surface area (Å²) in [5.41, 5.74) is 1.92. The quantitative estimate of drug-likeness (QED) is 0.940. The molecular weight excluding hydrogens is 278 g/mol. The Morgan fingerprint density at radius 2 is 2.05 bits per heavy atom. The van der Waals surface area contributed by atoms with Gasteiger partial charge in [-0.2, -0.15) is 0 Å². The van der Waals surface area contributed by atoms with Gasteiger partial charge in [0, 0.05) is 12.2 Å². The Bertz CT molecular complexity index is 661. The standard InChI is InChI=1S/C16H19N5O/c1-3-11(2)14-15(22)20-13-7-5-4-6-12(13)8-21(14)16-18-9-17-10-19-16/h4-7,9-11,14H,3,8H2,1-2H3,(H,20,22)/t11-,14?/m0/s1. The van der Waals surface area contributed by atoms with Crippen LogP contribution in [0.2, 0.25) is 0 Å². The van der Waals surface area contributed by atoms with Gasteiger partial charge in [-0.25, -0.2) is 15.0 Å². The molecule has 6 heteroatoms. The third kappa shape index (κ3) is 2.64. The number of amides is 1. The van der Waals surface area contributed by atoms with Crippen LogP contribution in [-0.4, -0.2) is 26.9 Å². The van der Waals surface area contributed by atoms with Crippen molar-refractivity contribution >= 4 is 17.5 Å². The lowest BCUT2D eigenvalue weighted by atomic mass is 9.97. The van der Waals surface area contributed by atoms with Gasteiger partial charge >= 0.3 is 0 Å². The molecule has 2 heterocycles. The van der Waals surface area contributed by atoms with Gasteiger partial charge in [0.25, 0.3) is 0 Å². The van der Waals surface area contributed by atoms with E-state index in [0.29, 0.717) is 12.5 Å². The SMILES string of the molecule is CC[C@H](C)C1C(=O)Nc2ccccc2CN1c1ncncn1. The molecule has 3 rings (SSSR count). The van der Waals surface area contributed by atoms with Gasteiger partial charge in [0.2, 0.25) is 11.9 Å². The highest BCUT2D eigenvalue weighted by Gasteiger charge is 2.35. The molecule has 1 aliphatic heterocycles. The molecule has 1 N–H and O–H groups in total. The Hall–Kier alpha value is -2.50. The minimum atomic E-state index is -0.306. The number of carbonyl (C=O) groups excluding carboxylic acids is 1. The van der Waals surface area contributed by atoms with Gasteiger partial charge in [0.05, 0.1) is 0 Å². The first-order chi connectivity index (χ1) is 10.7. The Morgan fingerprint density at radius 3 is 2.77 bits per heavy atom. The Morgan fingerprint density at radius 1 is 1.32 bits per heavy atom. The van der Waals surface area contributed by atoms with E-state index in [-0.39, 0.29) is 17.9 Å². The maximum Gasteiger partial charge on any atom is 0.247 e. The first-order valence-electron chi connectivity index (χ1n) is 7.48. The number of nitrogens with one attached hydrogen (secondary N) is 1. The molecule has 22 heavy (non-hydrogen) atoms. The van der Waals surface area contributed by atoms with E-state index in [4.69, 9.17) is 0 Å². The van der Waals surface area contributed by atoms with Crippen LogP contribution in [0.15, 0.2) is 36.9 Å². The van der Waals surface area contributed by atoms with Crippen molar-refractivity contribution in [2.75, 3.05) is 10.2 Å². The van der Waals surface area contributed by atoms with E-state index in [1.807, 2.05) is 29.2 Å². The lowest BCUT2D eigenvalue weighted by Gasteiger charge is -2.32. The average Bonchev–Trinajstić information content (AvgIpc) is 2.70. The molecule has 1 aliphatic rings. The van der Waals surface area contributed by atoms with Crippen LogP contribution >= 0.6 is 0 Å². The average molecular weight is 297 g/mol. The summed E-state index contributed by atoms with van der Waals surface area (Å²) in [6.07, 6.45) is 3.82. The number of benzene rings is 1. The van der Waals surface area contributed by atoms with Crippen LogP contribution < -0.4 is 10.2 Å². The number of carbonyl (C=O) groups is 1. The highest BCUT2D eigenvalue weighted by molar-refractivity contribution is 5.98. The summed E-state index contributed by atoms with van der Waals surface area (Å²) in [7, 11) is 0. The maximum absolute atomic E-state index is 12.7. The number of aromatic nitrogens is 3. The molecule has 6 nitrogen and oxygen atoms in total. The van der Waals surface area contributed by atoms with E-state index in [1.165, 1.54) is 12.7 Å². The highest BCUT2D eigenvalue weighted by Crippen LogP contribution is 2.29. The molecule has 1 amide bonds. The van der Waals surface area contributed by atoms with Gasteiger partial charge in [-0.15, -0.1) is 0 Å². The van der Waals surface area contributed by atoms with Gasteiger partial charge in [0.15, 0.2) is 0 Å². The molecule has 0 spiro atoms. The van der Waals surface area contributed by atoms with Gasteiger partial charge in [0.1, 0.15) is 18.7 Å². The first kappa shape index (κ1) is 14.4. The second-order valence-electron chi connectivity index (χ2n) is 5.54. The van der Waals surface area contributed by atoms with Crippen LogP contribution in [0.3, 0.4) is 0 Å². The van der Waals surface area contributed by atoms with Crippen molar-refractivity contribution in [2.45, 2.75) is 32.9 Å². The molecular formula is C16H19N5O. The van der Waals surface area contributed by atoms with E-state index >= 15 is 0 Å². The van der Waals surface area contributed by atoms with Crippen LogP contribution in [0.4, 0.5) is 11.6 Å². The number of hydrogen-bond donors (Lipinski definition) is 1. The van der Waals surface area contributed by atoms with Crippen molar-refractivity contribution < 1.29 is 4.79 Å². The topological polar surface area (TPSA) is 71.0 Å². The fourth-order valence-corrected chi connectivity index (χ4v) is 2.78. The van der Waals surface area contributed by atoms with Crippen molar-refractivity contribution in [3.63, 3.8) is 0 Å². The second kappa shape index (κ2) is 6.09. The third-order valence-electron chi connectivity index (χ3n) is 4.14. The molecule has 1 aromatic carbocycles. The van der Waals surface area contributed by atoms with Crippen molar-refractivity contribution in [1.82, 2.24) is 15.0 Å². The molecule has 0 bridgehead atoms. The smallest absolute Gasteiger partial charge is 0.247 e. The largest absolute Gasteiger partial charge is 0.324 e. The Balaban J connectivity index is 2.07. The zero-order valence-corrected chi connectivity index (χ0v) is 12.7. The summed E-state index contributed by atoms with van der Waals surface area (Å²) in [6.45, 7) is 4.75.